The van der Waals surface area contributed by atoms with Crippen molar-refractivity contribution in [2.75, 3.05) is 6.61 Å². The van der Waals surface area contributed by atoms with Gasteiger partial charge in [-0.3, -0.25) is 14.3 Å². The van der Waals surface area contributed by atoms with Crippen molar-refractivity contribution in [2.24, 2.45) is 5.41 Å². The molecule has 1 N–H and O–H groups in total. The van der Waals surface area contributed by atoms with Crippen molar-refractivity contribution in [2.45, 2.75) is 100 Å². The Morgan fingerprint density at radius 1 is 0.857 bits per heavy atom. The molecular formula is C21H25F6N3O5. The van der Waals surface area contributed by atoms with E-state index in [2.05, 4.69) is 25.0 Å². The van der Waals surface area contributed by atoms with Crippen LogP contribution in [0.3, 0.4) is 0 Å². The number of nitrogens with one attached hydrogen (secondary N) is 1. The Morgan fingerprint density at radius 2 is 1.40 bits per heavy atom. The van der Waals surface area contributed by atoms with Crippen LogP contribution in [0.1, 0.15) is 75.0 Å². The minimum absolute atomic E-state index is 0.0218. The Kier molecular flexibility index (Phi) is 6.27. The maximum atomic E-state index is 12.2. The first kappa shape index (κ1) is 24.8. The van der Waals surface area contributed by atoms with Crippen molar-refractivity contribution in [3.05, 3.63) is 11.8 Å². The summed E-state index contributed by atoms with van der Waals surface area (Å²) in [6.07, 6.45) is -7.58. The van der Waals surface area contributed by atoms with Crippen LogP contribution in [0.2, 0.25) is 0 Å². The average Bonchev–Trinajstić information content (AvgIpc) is 3.07. The number of hydrogen-bond donors (Lipinski definition) is 1. The Bertz CT molecular complexity index is 911. The van der Waals surface area contributed by atoms with Crippen LogP contribution in [0.25, 0.3) is 0 Å². The topological polar surface area (TPSA) is 95.7 Å². The molecule has 4 saturated carbocycles. The van der Waals surface area contributed by atoms with Gasteiger partial charge in [0.15, 0.2) is 0 Å². The Labute approximate surface area is 196 Å². The van der Waals surface area contributed by atoms with Crippen LogP contribution in [0, 0.1) is 5.41 Å². The van der Waals surface area contributed by atoms with Gasteiger partial charge in [-0.1, -0.05) is 0 Å². The first-order valence-electron chi connectivity index (χ1n) is 11.6. The second-order valence-electron chi connectivity index (χ2n) is 10.2. The zero-order valence-electron chi connectivity index (χ0n) is 18.5. The van der Waals surface area contributed by atoms with Crippen molar-refractivity contribution >= 4 is 5.91 Å². The lowest BCUT2D eigenvalue weighted by molar-refractivity contribution is -0.357. The lowest BCUT2D eigenvalue weighted by Crippen LogP contribution is -2.56. The van der Waals surface area contributed by atoms with Crippen molar-refractivity contribution in [1.29, 1.82) is 0 Å². The number of nitrogens with zero attached hydrogens (tertiary/aromatic N) is 2. The average molecular weight is 513 g/mol. The first-order valence-corrected chi connectivity index (χ1v) is 11.6. The number of aromatic nitrogens is 2. The van der Waals surface area contributed by atoms with Crippen LogP contribution < -0.4 is 5.32 Å². The Balaban J connectivity index is 0.955. The van der Waals surface area contributed by atoms with E-state index in [-0.39, 0.29) is 61.5 Å². The van der Waals surface area contributed by atoms with E-state index in [1.54, 1.807) is 0 Å². The summed E-state index contributed by atoms with van der Waals surface area (Å²) in [6.45, 7) is -0.198. The molecule has 0 atom stereocenters. The van der Waals surface area contributed by atoms with Gasteiger partial charge < -0.3 is 14.5 Å². The molecule has 4 aliphatic carbocycles. The second-order valence-corrected chi connectivity index (χ2v) is 10.2. The molecule has 1 amide bonds. The molecule has 4 aliphatic rings. The number of halogens is 6. The lowest BCUT2D eigenvalue weighted by Gasteiger charge is -2.57. The van der Waals surface area contributed by atoms with E-state index in [1.165, 1.54) is 0 Å². The highest BCUT2D eigenvalue weighted by Gasteiger charge is 2.55. The van der Waals surface area contributed by atoms with Crippen LogP contribution in [-0.4, -0.2) is 59.8 Å². The molecular weight excluding hydrogens is 488 g/mol. The SMILES string of the molecule is O=C(CO[C@H]1C[C@@H](OC(F)(F)F)C1)NC1CC2(C1)CC(c1nnc([C@H]3C[C@@H](OC(F)(F)F)C3)o1)C2. The van der Waals surface area contributed by atoms with Crippen molar-refractivity contribution in [3.63, 3.8) is 0 Å². The smallest absolute Gasteiger partial charge is 0.425 e. The van der Waals surface area contributed by atoms with E-state index >= 15 is 0 Å². The van der Waals surface area contributed by atoms with Gasteiger partial charge in [0, 0.05) is 30.7 Å². The van der Waals surface area contributed by atoms with E-state index in [9.17, 15) is 31.1 Å². The Hall–Kier alpha value is -1.93. The predicted octanol–water partition coefficient (Wildman–Crippen LogP) is 4.08. The monoisotopic (exact) mass is 513 g/mol. The summed E-state index contributed by atoms with van der Waals surface area (Å²) in [6, 6.07) is 0.0218. The van der Waals surface area contributed by atoms with Gasteiger partial charge in [0.2, 0.25) is 17.7 Å². The van der Waals surface area contributed by atoms with Gasteiger partial charge in [-0.05, 0) is 43.9 Å². The van der Waals surface area contributed by atoms with E-state index in [0.29, 0.717) is 11.8 Å². The van der Waals surface area contributed by atoms with Crippen molar-refractivity contribution in [1.82, 2.24) is 15.5 Å². The largest absolute Gasteiger partial charge is 0.522 e. The highest BCUT2D eigenvalue weighted by molar-refractivity contribution is 5.77. The normalized spacial score (nSPS) is 36.6. The van der Waals surface area contributed by atoms with Crippen LogP contribution >= 0.6 is 0 Å². The first-order chi connectivity index (χ1) is 16.3. The summed E-state index contributed by atoms with van der Waals surface area (Å²) in [5.74, 6) is 0.440. The summed E-state index contributed by atoms with van der Waals surface area (Å²) in [7, 11) is 0. The molecule has 1 aromatic rings. The minimum atomic E-state index is -4.66. The van der Waals surface area contributed by atoms with Crippen LogP contribution in [0.4, 0.5) is 26.3 Å². The van der Waals surface area contributed by atoms with E-state index < -0.39 is 31.0 Å². The number of hydrogen-bond acceptors (Lipinski definition) is 7. The van der Waals surface area contributed by atoms with Gasteiger partial charge in [-0.15, -0.1) is 36.5 Å². The zero-order chi connectivity index (χ0) is 25.0. The fourth-order valence-corrected chi connectivity index (χ4v) is 5.61. The molecule has 1 aromatic heterocycles. The summed E-state index contributed by atoms with van der Waals surface area (Å²) < 4.78 is 92.0. The van der Waals surface area contributed by atoms with Gasteiger partial charge in [0.25, 0.3) is 0 Å². The predicted molar refractivity (Wildman–Crippen MR) is 103 cm³/mol. The molecule has 1 spiro atoms. The molecule has 0 bridgehead atoms. The van der Waals surface area contributed by atoms with Crippen LogP contribution in [0.15, 0.2) is 4.42 Å². The molecule has 1 heterocycles. The molecule has 5 rings (SSSR count). The van der Waals surface area contributed by atoms with E-state index in [0.717, 1.165) is 25.7 Å². The third kappa shape index (κ3) is 5.91. The molecule has 196 valence electrons. The van der Waals surface area contributed by atoms with Gasteiger partial charge in [0.05, 0.1) is 18.3 Å². The maximum Gasteiger partial charge on any atom is 0.522 e. The van der Waals surface area contributed by atoms with Crippen molar-refractivity contribution in [3.8, 4) is 0 Å². The molecule has 0 radical (unpaired) electrons. The minimum Gasteiger partial charge on any atom is -0.425 e. The molecule has 8 nitrogen and oxygen atoms in total. The van der Waals surface area contributed by atoms with Gasteiger partial charge in [0.1, 0.15) is 6.61 Å². The molecule has 14 heteroatoms. The standard InChI is InChI=1S/C21H25F6N3O5/c22-20(23,24)34-14-1-10(2-14)17-29-30-18(33-17)11-5-19(6-11)7-12(8-19)28-16(31)9-32-13-3-15(4-13)35-21(25,26)27/h10-15H,1-9H2,(H,28,31)/t10-,11?,12?,13-,14+,15+,19?. The van der Waals surface area contributed by atoms with Crippen molar-refractivity contribution < 1.29 is 49.8 Å². The van der Waals surface area contributed by atoms with Gasteiger partial charge in [-0.2, -0.15) is 0 Å². The van der Waals surface area contributed by atoms with E-state index in [4.69, 9.17) is 9.15 Å². The number of amides is 1. The Morgan fingerprint density at radius 3 is 1.97 bits per heavy atom. The summed E-state index contributed by atoms with van der Waals surface area (Å²) in [5, 5.41) is 11.0. The maximum absolute atomic E-state index is 12.2. The summed E-state index contributed by atoms with van der Waals surface area (Å²) in [5.41, 5.74) is 0.107. The summed E-state index contributed by atoms with van der Waals surface area (Å²) >= 11 is 0. The second kappa shape index (κ2) is 8.87. The van der Waals surface area contributed by atoms with Crippen LogP contribution in [0.5, 0.6) is 0 Å². The number of ether oxygens (including phenoxy) is 3. The zero-order valence-corrected chi connectivity index (χ0v) is 18.5. The fraction of sp³-hybridized carbons (Fsp3) is 0.857. The van der Waals surface area contributed by atoms with Gasteiger partial charge >= 0.3 is 12.7 Å². The van der Waals surface area contributed by atoms with E-state index in [1.807, 2.05) is 0 Å². The number of carbonyl (C=O) groups is 1. The summed E-state index contributed by atoms with van der Waals surface area (Å²) in [4.78, 5) is 12.1. The van der Waals surface area contributed by atoms with Crippen LogP contribution in [-0.2, 0) is 19.0 Å². The third-order valence-corrected chi connectivity index (χ3v) is 7.43. The molecule has 35 heavy (non-hydrogen) atoms. The molecule has 0 saturated heterocycles. The number of carbonyl (C=O) groups excluding carboxylic acids is 1. The lowest BCUT2D eigenvalue weighted by atomic mass is 9.50. The van der Waals surface area contributed by atoms with Gasteiger partial charge in [-0.25, -0.2) is 0 Å². The molecule has 4 fully saturated rings. The molecule has 0 aliphatic heterocycles. The third-order valence-electron chi connectivity index (χ3n) is 7.43. The fourth-order valence-electron chi connectivity index (χ4n) is 5.61. The highest BCUT2D eigenvalue weighted by Crippen LogP contribution is 2.61. The quantitative estimate of drug-likeness (QED) is 0.524. The molecule has 0 unspecified atom stereocenters. The molecule has 0 aromatic carbocycles. The number of alkyl halides is 6. The highest BCUT2D eigenvalue weighted by atomic mass is 19.4. The number of rotatable bonds is 8.